The number of fused-ring (bicyclic) bond motifs is 1. The first-order chi connectivity index (χ1) is 14.0. The molecule has 1 fully saturated rings. The number of likely N-dealkylation sites (tertiary alicyclic amines) is 1. The molecule has 29 heavy (non-hydrogen) atoms. The van der Waals surface area contributed by atoms with Crippen LogP contribution in [-0.2, 0) is 14.3 Å². The highest BCUT2D eigenvalue weighted by Gasteiger charge is 2.32. The minimum absolute atomic E-state index is 0.108. The summed E-state index contributed by atoms with van der Waals surface area (Å²) < 4.78 is 15.7. The average Bonchev–Trinajstić information content (AvgIpc) is 3.21. The van der Waals surface area contributed by atoms with Crippen LogP contribution in [0.5, 0.6) is 11.5 Å². The molecule has 1 aromatic rings. The predicted molar refractivity (Wildman–Crippen MR) is 105 cm³/mol. The van der Waals surface area contributed by atoms with Gasteiger partial charge in [-0.2, -0.15) is 0 Å². The average molecular weight is 404 g/mol. The third-order valence-corrected chi connectivity index (χ3v) is 5.24. The Labute approximate surface area is 170 Å². The summed E-state index contributed by atoms with van der Waals surface area (Å²) in [6.07, 6.45) is 2.48. The smallest absolute Gasteiger partial charge is 0.309 e. The van der Waals surface area contributed by atoms with Crippen molar-refractivity contribution in [2.45, 2.75) is 45.6 Å². The van der Waals surface area contributed by atoms with E-state index in [0.717, 1.165) is 6.42 Å². The summed E-state index contributed by atoms with van der Waals surface area (Å²) in [5.41, 5.74) is 0.421. The number of carbonyl (C=O) groups excluding carboxylic acids is 3. The Kier molecular flexibility index (Phi) is 6.95. The van der Waals surface area contributed by atoms with Crippen LogP contribution in [0.4, 0.5) is 0 Å². The van der Waals surface area contributed by atoms with Crippen molar-refractivity contribution in [1.82, 2.24) is 10.2 Å². The third-order valence-electron chi connectivity index (χ3n) is 5.24. The summed E-state index contributed by atoms with van der Waals surface area (Å²) in [4.78, 5) is 39.3. The molecule has 0 bridgehead atoms. The number of amides is 2. The highest BCUT2D eigenvalue weighted by Crippen LogP contribution is 2.32. The second-order valence-electron chi connectivity index (χ2n) is 7.23. The Hall–Kier alpha value is -2.77. The number of piperidine rings is 1. The van der Waals surface area contributed by atoms with Crippen molar-refractivity contribution in [3.8, 4) is 11.5 Å². The first-order valence-electron chi connectivity index (χ1n) is 10.2. The molecule has 1 N–H and O–H groups in total. The quantitative estimate of drug-likeness (QED) is 0.700. The lowest BCUT2D eigenvalue weighted by Gasteiger charge is -2.33. The van der Waals surface area contributed by atoms with Gasteiger partial charge < -0.3 is 24.4 Å². The van der Waals surface area contributed by atoms with E-state index in [1.807, 2.05) is 6.92 Å². The molecule has 3 rings (SSSR count). The summed E-state index contributed by atoms with van der Waals surface area (Å²) >= 11 is 0. The SMILES string of the molecule is CCCC(NC(=O)c1ccc2c(c1)OCO2)C(=O)N1CCC(C(=O)OCC)CC1. The Bertz CT molecular complexity index is 758. The van der Waals surface area contributed by atoms with Gasteiger partial charge in [0.1, 0.15) is 6.04 Å². The summed E-state index contributed by atoms with van der Waals surface area (Å²) in [5.74, 6) is 0.344. The molecule has 0 saturated carbocycles. The number of nitrogens with one attached hydrogen (secondary N) is 1. The molecule has 2 aliphatic rings. The van der Waals surface area contributed by atoms with Gasteiger partial charge in [0.2, 0.25) is 12.7 Å². The topological polar surface area (TPSA) is 94.2 Å². The molecule has 1 unspecified atom stereocenters. The fourth-order valence-electron chi connectivity index (χ4n) is 3.64. The number of rotatable bonds is 7. The van der Waals surface area contributed by atoms with Gasteiger partial charge in [0.25, 0.3) is 5.91 Å². The monoisotopic (exact) mass is 404 g/mol. The zero-order valence-corrected chi connectivity index (χ0v) is 16.9. The van der Waals surface area contributed by atoms with Crippen molar-refractivity contribution in [2.24, 2.45) is 5.92 Å². The number of nitrogens with zero attached hydrogens (tertiary/aromatic N) is 1. The van der Waals surface area contributed by atoms with Crippen molar-refractivity contribution in [1.29, 1.82) is 0 Å². The molecule has 1 atom stereocenters. The second kappa shape index (κ2) is 9.62. The van der Waals surface area contributed by atoms with E-state index in [9.17, 15) is 14.4 Å². The first kappa shape index (κ1) is 21.0. The van der Waals surface area contributed by atoms with Crippen LogP contribution < -0.4 is 14.8 Å². The lowest BCUT2D eigenvalue weighted by molar-refractivity contribution is -0.151. The lowest BCUT2D eigenvalue weighted by Crippen LogP contribution is -2.51. The summed E-state index contributed by atoms with van der Waals surface area (Å²) in [6.45, 7) is 5.24. The molecular formula is C21H28N2O6. The van der Waals surface area contributed by atoms with E-state index < -0.39 is 6.04 Å². The van der Waals surface area contributed by atoms with Gasteiger partial charge in [-0.1, -0.05) is 13.3 Å². The summed E-state index contributed by atoms with van der Waals surface area (Å²) in [6, 6.07) is 4.36. The van der Waals surface area contributed by atoms with Gasteiger partial charge in [0.15, 0.2) is 11.5 Å². The molecule has 1 aromatic carbocycles. The maximum Gasteiger partial charge on any atom is 0.309 e. The van der Waals surface area contributed by atoms with E-state index in [0.29, 0.717) is 56.0 Å². The van der Waals surface area contributed by atoms with Crippen molar-refractivity contribution >= 4 is 17.8 Å². The van der Waals surface area contributed by atoms with Gasteiger partial charge in [0, 0.05) is 18.7 Å². The van der Waals surface area contributed by atoms with Crippen LogP contribution >= 0.6 is 0 Å². The Balaban J connectivity index is 1.60. The van der Waals surface area contributed by atoms with E-state index in [1.165, 1.54) is 0 Å². The van der Waals surface area contributed by atoms with Gasteiger partial charge in [0.05, 0.1) is 12.5 Å². The van der Waals surface area contributed by atoms with Gasteiger partial charge in [-0.3, -0.25) is 14.4 Å². The van der Waals surface area contributed by atoms with E-state index in [2.05, 4.69) is 5.32 Å². The molecule has 0 aliphatic carbocycles. The number of hydrogen-bond acceptors (Lipinski definition) is 6. The van der Waals surface area contributed by atoms with Crippen molar-refractivity contribution in [3.63, 3.8) is 0 Å². The maximum absolute atomic E-state index is 13.0. The van der Waals surface area contributed by atoms with Gasteiger partial charge >= 0.3 is 5.97 Å². The van der Waals surface area contributed by atoms with Crippen molar-refractivity contribution in [2.75, 3.05) is 26.5 Å². The minimum atomic E-state index is -0.600. The van der Waals surface area contributed by atoms with Crippen LogP contribution in [0.3, 0.4) is 0 Å². The molecule has 0 radical (unpaired) electrons. The van der Waals surface area contributed by atoms with E-state index in [1.54, 1.807) is 30.0 Å². The molecule has 1 saturated heterocycles. The third kappa shape index (κ3) is 4.99. The highest BCUT2D eigenvalue weighted by atomic mass is 16.7. The molecular weight excluding hydrogens is 376 g/mol. The molecule has 8 nitrogen and oxygen atoms in total. The molecule has 8 heteroatoms. The number of hydrogen-bond donors (Lipinski definition) is 1. The Morgan fingerprint density at radius 2 is 1.90 bits per heavy atom. The van der Waals surface area contributed by atoms with Crippen LogP contribution in [-0.4, -0.2) is 55.2 Å². The fourth-order valence-corrected chi connectivity index (χ4v) is 3.64. The zero-order valence-electron chi connectivity index (χ0n) is 16.9. The Morgan fingerprint density at radius 1 is 1.17 bits per heavy atom. The van der Waals surface area contributed by atoms with E-state index >= 15 is 0 Å². The first-order valence-corrected chi connectivity index (χ1v) is 10.2. The van der Waals surface area contributed by atoms with Crippen LogP contribution in [0.1, 0.15) is 49.9 Å². The predicted octanol–water partition coefficient (Wildman–Crippen LogP) is 2.12. The van der Waals surface area contributed by atoms with Crippen molar-refractivity contribution in [3.05, 3.63) is 23.8 Å². The van der Waals surface area contributed by atoms with E-state index in [4.69, 9.17) is 14.2 Å². The van der Waals surface area contributed by atoms with E-state index in [-0.39, 0.29) is 30.5 Å². The maximum atomic E-state index is 13.0. The largest absolute Gasteiger partial charge is 0.466 e. The Morgan fingerprint density at radius 3 is 2.59 bits per heavy atom. The number of ether oxygens (including phenoxy) is 3. The van der Waals surface area contributed by atoms with Gasteiger partial charge in [-0.15, -0.1) is 0 Å². The number of carbonyl (C=O) groups is 3. The normalized spacial score (nSPS) is 17.0. The fraction of sp³-hybridized carbons (Fsp3) is 0.571. The number of esters is 1. The molecule has 158 valence electrons. The zero-order chi connectivity index (χ0) is 20.8. The lowest BCUT2D eigenvalue weighted by atomic mass is 9.96. The summed E-state index contributed by atoms with van der Waals surface area (Å²) in [7, 11) is 0. The summed E-state index contributed by atoms with van der Waals surface area (Å²) in [5, 5.41) is 2.86. The molecule has 2 aliphatic heterocycles. The van der Waals surface area contributed by atoms with Crippen LogP contribution in [0.15, 0.2) is 18.2 Å². The molecule has 2 heterocycles. The van der Waals surface area contributed by atoms with Crippen molar-refractivity contribution < 1.29 is 28.6 Å². The highest BCUT2D eigenvalue weighted by molar-refractivity contribution is 5.98. The van der Waals surface area contributed by atoms with Gasteiger partial charge in [-0.25, -0.2) is 0 Å². The van der Waals surface area contributed by atoms with Crippen LogP contribution in [0.25, 0.3) is 0 Å². The molecule has 0 spiro atoms. The molecule has 0 aromatic heterocycles. The standard InChI is InChI=1S/C21H28N2O6/c1-3-5-16(20(25)23-10-8-14(9-11-23)21(26)27-4-2)22-19(24)15-6-7-17-18(12-15)29-13-28-17/h6-7,12,14,16H,3-5,8-11,13H2,1-2H3,(H,22,24). The second-order valence-corrected chi connectivity index (χ2v) is 7.23. The minimum Gasteiger partial charge on any atom is -0.466 e. The van der Waals surface area contributed by atoms with Crippen LogP contribution in [0.2, 0.25) is 0 Å². The van der Waals surface area contributed by atoms with Crippen LogP contribution in [0, 0.1) is 5.92 Å². The number of benzene rings is 1. The molecule has 2 amide bonds. The van der Waals surface area contributed by atoms with Gasteiger partial charge in [-0.05, 0) is 44.4 Å².